The summed E-state index contributed by atoms with van der Waals surface area (Å²) in [5.74, 6) is 0. The summed E-state index contributed by atoms with van der Waals surface area (Å²) in [4.78, 5) is 10.0. The first-order valence-electron chi connectivity index (χ1n) is 9.82. The number of rotatable bonds is 3. The lowest BCUT2D eigenvalue weighted by Gasteiger charge is -2.32. The van der Waals surface area contributed by atoms with Gasteiger partial charge in [-0.2, -0.15) is 49.9 Å². The minimum absolute atomic E-state index is 0.0205. The third-order valence-electron chi connectivity index (χ3n) is 5.63. The monoisotopic (exact) mass is 518 g/mol. The fourth-order valence-electron chi connectivity index (χ4n) is 3.80. The smallest absolute Gasteiger partial charge is 0.288 e. The molecule has 0 spiro atoms. The number of alkyl halides is 9. The van der Waals surface area contributed by atoms with Crippen LogP contribution in [0.2, 0.25) is 0 Å². The van der Waals surface area contributed by atoms with E-state index < -0.39 is 53.9 Å². The van der Waals surface area contributed by atoms with Crippen LogP contribution in [0.3, 0.4) is 0 Å². The Bertz CT molecular complexity index is 1330. The van der Waals surface area contributed by atoms with Gasteiger partial charge in [0, 0.05) is 12.1 Å². The minimum atomic E-state index is -5.43. The van der Waals surface area contributed by atoms with E-state index in [2.05, 4.69) is 20.1 Å². The van der Waals surface area contributed by atoms with E-state index in [9.17, 15) is 44.8 Å². The molecule has 0 bridgehead atoms. The molecule has 0 saturated carbocycles. The maximum atomic E-state index is 14.3. The van der Waals surface area contributed by atoms with E-state index in [1.54, 1.807) is 0 Å². The fraction of sp³-hybridized carbons (Fsp3) is 0.286. The van der Waals surface area contributed by atoms with Gasteiger partial charge in [-0.05, 0) is 35.4 Å². The van der Waals surface area contributed by atoms with Crippen LogP contribution in [0, 0.1) is 11.3 Å². The Hall–Kier alpha value is -3.96. The Morgan fingerprint density at radius 3 is 2.06 bits per heavy atom. The van der Waals surface area contributed by atoms with E-state index in [1.807, 2.05) is 6.07 Å². The van der Waals surface area contributed by atoms with Crippen LogP contribution < -0.4 is 0 Å². The van der Waals surface area contributed by atoms with Crippen molar-refractivity contribution >= 4 is 5.71 Å². The Morgan fingerprint density at radius 2 is 1.56 bits per heavy atom. The second kappa shape index (κ2) is 8.32. The molecule has 1 aliphatic heterocycles. The molecule has 0 N–H and O–H groups in total. The molecule has 188 valence electrons. The Labute approximate surface area is 195 Å². The average molecular weight is 518 g/mol. The molecular formula is C21H11F9N6. The highest BCUT2D eigenvalue weighted by molar-refractivity contribution is 6.03. The summed E-state index contributed by atoms with van der Waals surface area (Å²) in [5.41, 5.74) is -8.62. The highest BCUT2D eigenvalue weighted by Gasteiger charge is 2.59. The van der Waals surface area contributed by atoms with E-state index in [-0.39, 0.29) is 34.7 Å². The van der Waals surface area contributed by atoms with E-state index in [0.717, 1.165) is 0 Å². The van der Waals surface area contributed by atoms with Gasteiger partial charge >= 0.3 is 18.5 Å². The molecule has 3 aromatic rings. The molecule has 0 fully saturated rings. The summed E-state index contributed by atoms with van der Waals surface area (Å²) in [6, 6.07) is 5.67. The zero-order valence-corrected chi connectivity index (χ0v) is 17.5. The van der Waals surface area contributed by atoms with Crippen LogP contribution in [0.5, 0.6) is 0 Å². The van der Waals surface area contributed by atoms with Gasteiger partial charge in [0.2, 0.25) is 0 Å². The molecule has 1 unspecified atom stereocenters. The molecule has 4 rings (SSSR count). The third-order valence-corrected chi connectivity index (χ3v) is 5.63. The summed E-state index contributed by atoms with van der Waals surface area (Å²) in [7, 11) is 0. The van der Waals surface area contributed by atoms with Crippen molar-refractivity contribution in [1.29, 1.82) is 5.26 Å². The summed E-state index contributed by atoms with van der Waals surface area (Å²) >= 11 is 0. The molecule has 3 heterocycles. The van der Waals surface area contributed by atoms with Crippen molar-refractivity contribution in [2.45, 2.75) is 30.4 Å². The molecule has 0 amide bonds. The third kappa shape index (κ3) is 4.38. The molecule has 1 atom stereocenters. The van der Waals surface area contributed by atoms with Gasteiger partial charge in [-0.1, -0.05) is 6.07 Å². The number of hydrogen-bond acceptors (Lipinski definition) is 5. The lowest BCUT2D eigenvalue weighted by Crippen LogP contribution is -2.44. The maximum absolute atomic E-state index is 14.3. The van der Waals surface area contributed by atoms with Gasteiger partial charge < -0.3 is 0 Å². The molecule has 0 aliphatic carbocycles. The zero-order valence-electron chi connectivity index (χ0n) is 17.5. The van der Waals surface area contributed by atoms with Crippen molar-refractivity contribution in [3.8, 4) is 11.8 Å². The van der Waals surface area contributed by atoms with Crippen LogP contribution in [-0.4, -0.2) is 38.2 Å². The number of aliphatic imine (C=N–C) groups is 1. The Balaban J connectivity index is 1.80. The lowest BCUT2D eigenvalue weighted by molar-refractivity contribution is -0.185. The molecule has 0 radical (unpaired) electrons. The van der Waals surface area contributed by atoms with Crippen molar-refractivity contribution in [3.05, 3.63) is 71.1 Å². The molecule has 6 nitrogen and oxygen atoms in total. The van der Waals surface area contributed by atoms with Gasteiger partial charge in [0.1, 0.15) is 35.5 Å². The van der Waals surface area contributed by atoms with Crippen molar-refractivity contribution < 1.29 is 39.5 Å². The van der Waals surface area contributed by atoms with Crippen LogP contribution in [0.25, 0.3) is 5.69 Å². The number of benzene rings is 1. The van der Waals surface area contributed by atoms with Crippen molar-refractivity contribution in [2.75, 3.05) is 6.54 Å². The van der Waals surface area contributed by atoms with Crippen LogP contribution in [0.4, 0.5) is 39.5 Å². The van der Waals surface area contributed by atoms with E-state index in [4.69, 9.17) is 0 Å². The first kappa shape index (κ1) is 25.1. The molecule has 36 heavy (non-hydrogen) atoms. The first-order valence-corrected chi connectivity index (χ1v) is 9.82. The fourth-order valence-corrected chi connectivity index (χ4v) is 3.80. The number of halogens is 9. The van der Waals surface area contributed by atoms with Crippen LogP contribution in [0.1, 0.15) is 34.5 Å². The normalized spacial score (nSPS) is 18.7. The SMILES string of the molecule is N#Cc1cc(C2=NCC(c3cc(C(F)(F)F)nc(C(F)(F)F)c3)(C(F)(F)F)C2)ccc1-n1cncn1. The number of nitriles is 1. The molecule has 1 aromatic carbocycles. The van der Waals surface area contributed by atoms with Crippen LogP contribution >= 0.6 is 0 Å². The van der Waals surface area contributed by atoms with Crippen molar-refractivity contribution in [2.24, 2.45) is 4.99 Å². The molecule has 15 heteroatoms. The number of nitrogens with zero attached hydrogens (tertiary/aromatic N) is 6. The minimum Gasteiger partial charge on any atom is -0.288 e. The highest BCUT2D eigenvalue weighted by atomic mass is 19.4. The van der Waals surface area contributed by atoms with Gasteiger partial charge in [0.15, 0.2) is 0 Å². The van der Waals surface area contributed by atoms with Crippen molar-refractivity contribution in [3.63, 3.8) is 0 Å². The molecule has 0 saturated heterocycles. The standard InChI is InChI=1S/C21H11F9N6/c22-19(23,24)16-4-13(5-17(35-16)20(25,26)27)18(21(28,29)30)6-14(33-8-18)11-1-2-15(12(3-11)7-31)36-10-32-9-34-36/h1-5,9-10H,6,8H2. The molecule has 2 aromatic heterocycles. The van der Waals surface area contributed by atoms with Crippen LogP contribution in [0.15, 0.2) is 48.0 Å². The Kier molecular flexibility index (Phi) is 5.81. The van der Waals surface area contributed by atoms with Gasteiger partial charge in [-0.15, -0.1) is 0 Å². The zero-order chi connectivity index (χ0) is 26.5. The number of aromatic nitrogens is 4. The van der Waals surface area contributed by atoms with Gasteiger partial charge in [-0.25, -0.2) is 14.6 Å². The van der Waals surface area contributed by atoms with E-state index in [0.29, 0.717) is 0 Å². The summed E-state index contributed by atoms with van der Waals surface area (Å²) in [6.07, 6.45) is -14.7. The number of pyridine rings is 1. The van der Waals surface area contributed by atoms with E-state index >= 15 is 0 Å². The largest absolute Gasteiger partial charge is 0.433 e. The second-order valence-electron chi connectivity index (χ2n) is 7.83. The summed E-state index contributed by atoms with van der Waals surface area (Å²) in [6.45, 7) is -1.16. The van der Waals surface area contributed by atoms with Crippen LogP contribution in [-0.2, 0) is 17.8 Å². The lowest BCUT2D eigenvalue weighted by atomic mass is 9.76. The summed E-state index contributed by atoms with van der Waals surface area (Å²) in [5, 5.41) is 13.3. The molecular weight excluding hydrogens is 507 g/mol. The van der Waals surface area contributed by atoms with E-state index in [1.165, 1.54) is 35.5 Å². The Morgan fingerprint density at radius 1 is 0.917 bits per heavy atom. The quantitative estimate of drug-likeness (QED) is 0.443. The van der Waals surface area contributed by atoms with Crippen molar-refractivity contribution in [1.82, 2.24) is 19.7 Å². The van der Waals surface area contributed by atoms with Gasteiger partial charge in [0.05, 0.1) is 17.8 Å². The molecule has 1 aliphatic rings. The maximum Gasteiger partial charge on any atom is 0.433 e. The van der Waals surface area contributed by atoms with Gasteiger partial charge in [-0.3, -0.25) is 4.99 Å². The second-order valence-corrected chi connectivity index (χ2v) is 7.83. The summed E-state index contributed by atoms with van der Waals surface area (Å²) < 4.78 is 124. The average Bonchev–Trinajstić information content (AvgIpc) is 3.48. The first-order chi connectivity index (χ1) is 16.7. The number of hydrogen-bond donors (Lipinski definition) is 0. The van der Waals surface area contributed by atoms with Gasteiger partial charge in [0.25, 0.3) is 0 Å². The predicted octanol–water partition coefficient (Wildman–Crippen LogP) is 5.26. The topological polar surface area (TPSA) is 79.8 Å². The highest BCUT2D eigenvalue weighted by Crippen LogP contribution is 2.49. The predicted molar refractivity (Wildman–Crippen MR) is 104 cm³/mol.